The Bertz CT molecular complexity index is 600. The molecular formula is C14H16N2O3. The molecule has 1 fully saturated rings. The van der Waals surface area contributed by atoms with Gasteiger partial charge in [-0.15, -0.1) is 0 Å². The van der Waals surface area contributed by atoms with Gasteiger partial charge >= 0.3 is 5.97 Å². The second kappa shape index (κ2) is 4.57. The van der Waals surface area contributed by atoms with E-state index in [0.717, 1.165) is 24.6 Å². The lowest BCUT2D eigenvalue weighted by Gasteiger charge is -2.34. The minimum absolute atomic E-state index is 0.593. The van der Waals surface area contributed by atoms with Crippen molar-refractivity contribution in [1.29, 1.82) is 0 Å². The highest BCUT2D eigenvalue weighted by Gasteiger charge is 2.40. The Morgan fingerprint density at radius 3 is 2.84 bits per heavy atom. The van der Waals surface area contributed by atoms with E-state index in [1.807, 2.05) is 6.07 Å². The molecule has 0 atom stereocenters. The van der Waals surface area contributed by atoms with Gasteiger partial charge in [0.1, 0.15) is 16.9 Å². The Kier molecular flexibility index (Phi) is 2.89. The molecule has 3 rings (SSSR count). The van der Waals surface area contributed by atoms with Crippen LogP contribution < -0.4 is 5.32 Å². The molecule has 1 aliphatic rings. The molecule has 2 heterocycles. The molecule has 0 aromatic carbocycles. The van der Waals surface area contributed by atoms with Crippen molar-refractivity contribution in [2.75, 3.05) is 5.32 Å². The number of aromatic nitrogens is 1. The van der Waals surface area contributed by atoms with Crippen LogP contribution in [0.1, 0.15) is 32.1 Å². The first-order chi connectivity index (χ1) is 9.21. The maximum atomic E-state index is 11.6. The number of fused-ring (bicyclic) bond motifs is 1. The van der Waals surface area contributed by atoms with Gasteiger partial charge in [0.05, 0.1) is 11.6 Å². The molecule has 0 unspecified atom stereocenters. The standard InChI is InChI=1S/C14H16N2O3/c17-13(18)14(6-2-1-3-7-14)16-12-10-5-9-19-11(10)4-8-15-12/h4-5,8-9H,1-3,6-7H2,(H,15,16)(H,17,18). The highest BCUT2D eigenvalue weighted by Crippen LogP contribution is 2.33. The fourth-order valence-corrected chi connectivity index (χ4v) is 2.77. The van der Waals surface area contributed by atoms with Crippen LogP contribution in [0.4, 0.5) is 5.82 Å². The van der Waals surface area contributed by atoms with Crippen LogP contribution in [0.2, 0.25) is 0 Å². The molecular weight excluding hydrogens is 244 g/mol. The largest absolute Gasteiger partial charge is 0.480 e. The fourth-order valence-electron chi connectivity index (χ4n) is 2.77. The maximum absolute atomic E-state index is 11.6. The molecule has 0 bridgehead atoms. The molecule has 5 nitrogen and oxygen atoms in total. The number of rotatable bonds is 3. The average molecular weight is 260 g/mol. The number of nitrogens with zero attached hydrogens (tertiary/aromatic N) is 1. The summed E-state index contributed by atoms with van der Waals surface area (Å²) in [5.74, 6) is -0.204. The molecule has 0 spiro atoms. The van der Waals surface area contributed by atoms with E-state index in [9.17, 15) is 9.90 Å². The van der Waals surface area contributed by atoms with Crippen molar-refractivity contribution in [2.45, 2.75) is 37.6 Å². The number of pyridine rings is 1. The van der Waals surface area contributed by atoms with Gasteiger partial charge in [-0.3, -0.25) is 0 Å². The maximum Gasteiger partial charge on any atom is 0.329 e. The Balaban J connectivity index is 1.98. The van der Waals surface area contributed by atoms with E-state index in [4.69, 9.17) is 4.42 Å². The second-order valence-corrected chi connectivity index (χ2v) is 5.06. The van der Waals surface area contributed by atoms with E-state index in [1.54, 1.807) is 18.5 Å². The third kappa shape index (κ3) is 2.05. The van der Waals surface area contributed by atoms with Gasteiger partial charge in [0.15, 0.2) is 0 Å². The minimum atomic E-state index is -0.892. The summed E-state index contributed by atoms with van der Waals surface area (Å²) in [4.78, 5) is 15.9. The monoisotopic (exact) mass is 260 g/mol. The van der Waals surface area contributed by atoms with E-state index in [2.05, 4.69) is 10.3 Å². The zero-order valence-electron chi connectivity index (χ0n) is 10.6. The molecule has 0 amide bonds. The first kappa shape index (κ1) is 12.0. The van der Waals surface area contributed by atoms with Crippen LogP contribution >= 0.6 is 0 Å². The van der Waals surface area contributed by atoms with Gasteiger partial charge in [0.2, 0.25) is 0 Å². The molecule has 5 heteroatoms. The molecule has 1 saturated carbocycles. The van der Waals surface area contributed by atoms with Crippen molar-refractivity contribution in [3.63, 3.8) is 0 Å². The zero-order chi connectivity index (χ0) is 13.3. The van der Waals surface area contributed by atoms with Crippen molar-refractivity contribution in [2.24, 2.45) is 0 Å². The van der Waals surface area contributed by atoms with Crippen LogP contribution in [0.25, 0.3) is 11.0 Å². The van der Waals surface area contributed by atoms with E-state index in [-0.39, 0.29) is 0 Å². The fraction of sp³-hybridized carbons (Fsp3) is 0.429. The third-order valence-corrected chi connectivity index (χ3v) is 3.85. The van der Waals surface area contributed by atoms with Crippen LogP contribution in [0.3, 0.4) is 0 Å². The van der Waals surface area contributed by atoms with Crippen molar-refractivity contribution in [3.8, 4) is 0 Å². The summed E-state index contributed by atoms with van der Waals surface area (Å²) in [6, 6.07) is 3.58. The summed E-state index contributed by atoms with van der Waals surface area (Å²) in [6.45, 7) is 0. The Morgan fingerprint density at radius 1 is 1.32 bits per heavy atom. The first-order valence-corrected chi connectivity index (χ1v) is 6.55. The number of carbonyl (C=O) groups is 1. The van der Waals surface area contributed by atoms with Crippen LogP contribution in [-0.4, -0.2) is 21.6 Å². The summed E-state index contributed by atoms with van der Waals surface area (Å²) in [6.07, 6.45) is 7.45. The van der Waals surface area contributed by atoms with Crippen LogP contribution in [0, 0.1) is 0 Å². The average Bonchev–Trinajstić information content (AvgIpc) is 2.89. The smallest absolute Gasteiger partial charge is 0.329 e. The Morgan fingerprint density at radius 2 is 2.11 bits per heavy atom. The topological polar surface area (TPSA) is 75.4 Å². The summed E-state index contributed by atoms with van der Waals surface area (Å²) in [5.41, 5.74) is -0.176. The highest BCUT2D eigenvalue weighted by atomic mass is 16.4. The number of aliphatic carboxylic acids is 1. The predicted octanol–water partition coefficient (Wildman–Crippen LogP) is 3.03. The molecule has 2 N–H and O–H groups in total. The van der Waals surface area contributed by atoms with E-state index >= 15 is 0 Å². The van der Waals surface area contributed by atoms with Crippen LogP contribution in [-0.2, 0) is 4.79 Å². The van der Waals surface area contributed by atoms with Crippen molar-refractivity contribution >= 4 is 22.8 Å². The van der Waals surface area contributed by atoms with Crippen molar-refractivity contribution in [3.05, 3.63) is 24.6 Å². The molecule has 2 aromatic rings. The number of carboxylic acids is 1. The summed E-state index contributed by atoms with van der Waals surface area (Å²) in [7, 11) is 0. The van der Waals surface area contributed by atoms with Gasteiger partial charge in [0.25, 0.3) is 0 Å². The van der Waals surface area contributed by atoms with Crippen LogP contribution in [0.15, 0.2) is 29.0 Å². The Hall–Kier alpha value is -2.04. The number of anilines is 1. The molecule has 100 valence electrons. The predicted molar refractivity (Wildman–Crippen MR) is 71.1 cm³/mol. The lowest BCUT2D eigenvalue weighted by molar-refractivity contribution is -0.143. The number of hydrogen-bond donors (Lipinski definition) is 2. The van der Waals surface area contributed by atoms with E-state index < -0.39 is 11.5 Å². The van der Waals surface area contributed by atoms with E-state index in [0.29, 0.717) is 24.2 Å². The lowest BCUT2D eigenvalue weighted by atomic mass is 9.81. The van der Waals surface area contributed by atoms with Gasteiger partial charge in [-0.05, 0) is 25.0 Å². The summed E-state index contributed by atoms with van der Waals surface area (Å²) in [5, 5.41) is 13.5. The van der Waals surface area contributed by atoms with Gasteiger partial charge in [-0.25, -0.2) is 9.78 Å². The van der Waals surface area contributed by atoms with Crippen molar-refractivity contribution in [1.82, 2.24) is 4.98 Å². The normalized spacial score (nSPS) is 18.3. The van der Waals surface area contributed by atoms with Gasteiger partial charge in [0, 0.05) is 6.20 Å². The number of carboxylic acid groups (broad SMARTS) is 1. The molecule has 1 aliphatic carbocycles. The lowest BCUT2D eigenvalue weighted by Crippen LogP contribution is -2.48. The number of nitrogens with one attached hydrogen (secondary N) is 1. The SMILES string of the molecule is O=C(O)C1(Nc2nccc3occc23)CCCCC1. The molecule has 2 aromatic heterocycles. The van der Waals surface area contributed by atoms with Gasteiger partial charge in [-0.1, -0.05) is 19.3 Å². The number of hydrogen-bond acceptors (Lipinski definition) is 4. The third-order valence-electron chi connectivity index (χ3n) is 3.85. The Labute approximate surface area is 110 Å². The summed E-state index contributed by atoms with van der Waals surface area (Å²) < 4.78 is 5.31. The molecule has 0 aliphatic heterocycles. The minimum Gasteiger partial charge on any atom is -0.480 e. The molecule has 0 radical (unpaired) electrons. The summed E-state index contributed by atoms with van der Waals surface area (Å²) >= 11 is 0. The first-order valence-electron chi connectivity index (χ1n) is 6.55. The second-order valence-electron chi connectivity index (χ2n) is 5.06. The van der Waals surface area contributed by atoms with E-state index in [1.165, 1.54) is 0 Å². The number of furan rings is 1. The van der Waals surface area contributed by atoms with Crippen molar-refractivity contribution < 1.29 is 14.3 Å². The quantitative estimate of drug-likeness (QED) is 0.887. The zero-order valence-corrected chi connectivity index (χ0v) is 10.6. The molecule has 19 heavy (non-hydrogen) atoms. The van der Waals surface area contributed by atoms with Gasteiger partial charge < -0.3 is 14.8 Å². The molecule has 0 saturated heterocycles. The highest BCUT2D eigenvalue weighted by molar-refractivity contribution is 5.91. The van der Waals surface area contributed by atoms with Crippen LogP contribution in [0.5, 0.6) is 0 Å². The van der Waals surface area contributed by atoms with Gasteiger partial charge in [-0.2, -0.15) is 0 Å².